The Morgan fingerprint density at radius 1 is 1.23 bits per heavy atom. The van der Waals surface area contributed by atoms with Gasteiger partial charge >= 0.3 is 13.6 Å². The average Bonchev–Trinajstić information content (AvgIpc) is 3.12. The lowest BCUT2D eigenvalue weighted by Crippen LogP contribution is -2.45. The van der Waals surface area contributed by atoms with Crippen molar-refractivity contribution in [3.05, 3.63) is 46.1 Å². The highest BCUT2D eigenvalue weighted by atomic mass is 31.2. The number of ether oxygens (including phenoxy) is 2. The quantitative estimate of drug-likeness (QED) is 0.0329. The molecule has 3 aliphatic rings. The van der Waals surface area contributed by atoms with Gasteiger partial charge in [-0.05, 0) is 92.0 Å². The monoisotopic (exact) mass is 507 g/mol. The summed E-state index contributed by atoms with van der Waals surface area (Å²) in [6.45, 7) is 6.13. The summed E-state index contributed by atoms with van der Waals surface area (Å²) in [6.07, 6.45) is 12.6. The van der Waals surface area contributed by atoms with Gasteiger partial charge in [-0.2, -0.15) is 0 Å². The summed E-state index contributed by atoms with van der Waals surface area (Å²) in [5.41, 5.74) is 10.5. The number of rotatable bonds is 10. The first kappa shape index (κ1) is 27.1. The van der Waals surface area contributed by atoms with E-state index in [1.54, 1.807) is 6.08 Å². The van der Waals surface area contributed by atoms with Crippen molar-refractivity contribution in [2.45, 2.75) is 65.4 Å². The average molecular weight is 508 g/mol. The largest absolute Gasteiger partial charge is 0.475 e. The van der Waals surface area contributed by atoms with Crippen LogP contribution in [0.3, 0.4) is 0 Å². The first-order valence-electron chi connectivity index (χ1n) is 11.9. The van der Waals surface area contributed by atoms with E-state index in [4.69, 9.17) is 19.5 Å². The minimum Gasteiger partial charge on any atom is -0.475 e. The Morgan fingerprint density at radius 3 is 2.69 bits per heavy atom. The highest BCUT2D eigenvalue weighted by molar-refractivity contribution is 7.52. The first-order valence-corrected chi connectivity index (χ1v) is 13.9. The molecule has 3 rings (SSSR count). The SMILES string of the molecule is CC(=O)/C=C/C1=C(/C=C/OCOP(C)(=O)ON=[N+]=[N-])CC[C@@H]2C1CC[C@@]1(C)C2CC[C@@H]1OC(C)=O. The molecule has 0 amide bonds. The van der Waals surface area contributed by atoms with Crippen LogP contribution in [0.2, 0.25) is 0 Å². The maximum Gasteiger partial charge on any atom is 0.385 e. The van der Waals surface area contributed by atoms with Crippen LogP contribution in [0.5, 0.6) is 0 Å². The van der Waals surface area contributed by atoms with Crippen LogP contribution >= 0.6 is 7.60 Å². The van der Waals surface area contributed by atoms with Gasteiger partial charge in [0.1, 0.15) is 11.4 Å². The highest BCUT2D eigenvalue weighted by Crippen LogP contribution is 2.61. The molecule has 11 heteroatoms. The van der Waals surface area contributed by atoms with Crippen LogP contribution in [0.15, 0.2) is 40.9 Å². The third-order valence-electron chi connectivity index (χ3n) is 7.62. The zero-order valence-corrected chi connectivity index (χ0v) is 21.6. The van der Waals surface area contributed by atoms with E-state index >= 15 is 0 Å². The van der Waals surface area contributed by atoms with Gasteiger partial charge in [0.05, 0.1) is 12.9 Å². The fourth-order valence-electron chi connectivity index (χ4n) is 6.15. The molecule has 2 fully saturated rings. The first-order chi connectivity index (χ1) is 16.6. The molecule has 0 aromatic heterocycles. The van der Waals surface area contributed by atoms with Crippen LogP contribution < -0.4 is 0 Å². The molecule has 0 N–H and O–H groups in total. The maximum absolute atomic E-state index is 11.9. The lowest BCUT2D eigenvalue weighted by atomic mass is 9.55. The van der Waals surface area contributed by atoms with Gasteiger partial charge in [0.2, 0.25) is 0 Å². The number of allylic oxidation sites excluding steroid dienone is 5. The van der Waals surface area contributed by atoms with Gasteiger partial charge in [0.15, 0.2) is 12.6 Å². The molecule has 10 nitrogen and oxygen atoms in total. The van der Waals surface area contributed by atoms with Crippen LogP contribution in [0.25, 0.3) is 10.4 Å². The van der Waals surface area contributed by atoms with Crippen molar-refractivity contribution >= 4 is 19.3 Å². The zero-order valence-electron chi connectivity index (χ0n) is 20.7. The molecular weight excluding hydrogens is 473 g/mol. The van der Waals surface area contributed by atoms with Crippen molar-refractivity contribution in [2.75, 3.05) is 13.5 Å². The molecule has 0 aromatic carbocycles. The Bertz CT molecular complexity index is 1020. The van der Waals surface area contributed by atoms with Crippen molar-refractivity contribution < 1.29 is 32.8 Å². The summed E-state index contributed by atoms with van der Waals surface area (Å²) in [5.74, 6) is 1.02. The van der Waals surface area contributed by atoms with Gasteiger partial charge in [-0.1, -0.05) is 13.0 Å². The summed E-state index contributed by atoms with van der Waals surface area (Å²) in [5, 5.41) is 2.80. The summed E-state index contributed by atoms with van der Waals surface area (Å²) < 4.78 is 32.4. The van der Waals surface area contributed by atoms with E-state index in [2.05, 4.69) is 21.7 Å². The van der Waals surface area contributed by atoms with Crippen molar-refractivity contribution in [1.82, 2.24) is 0 Å². The van der Waals surface area contributed by atoms with Gasteiger partial charge in [-0.15, -0.1) is 0 Å². The summed E-state index contributed by atoms with van der Waals surface area (Å²) in [4.78, 5) is 25.7. The smallest absolute Gasteiger partial charge is 0.385 e. The fraction of sp³-hybridized carbons (Fsp3) is 0.667. The van der Waals surface area contributed by atoms with Gasteiger partial charge in [0.25, 0.3) is 0 Å². The van der Waals surface area contributed by atoms with E-state index in [0.717, 1.165) is 49.7 Å². The Labute approximate surface area is 205 Å². The number of carbonyl (C=O) groups excluding carboxylic acids is 2. The van der Waals surface area contributed by atoms with Crippen LogP contribution in [-0.4, -0.2) is 31.3 Å². The maximum atomic E-state index is 11.9. The minimum absolute atomic E-state index is 0.0113. The molecular formula is C24H34N3O7P. The molecule has 0 aromatic rings. The van der Waals surface area contributed by atoms with Gasteiger partial charge in [-0.25, -0.2) is 4.57 Å². The Balaban J connectivity index is 1.74. The van der Waals surface area contributed by atoms with Gasteiger partial charge in [0, 0.05) is 17.3 Å². The predicted molar refractivity (Wildman–Crippen MR) is 129 cm³/mol. The number of nitrogens with zero attached hydrogens (tertiary/aromatic N) is 3. The van der Waals surface area contributed by atoms with E-state index < -0.39 is 7.60 Å². The minimum atomic E-state index is -3.54. The third kappa shape index (κ3) is 6.57. The molecule has 0 spiro atoms. The number of ketones is 1. The molecule has 0 radical (unpaired) electrons. The molecule has 0 heterocycles. The summed E-state index contributed by atoms with van der Waals surface area (Å²) in [7, 11) is -3.54. The molecule has 0 saturated heterocycles. The number of carbonyl (C=O) groups is 2. The number of fused-ring (bicyclic) bond motifs is 3. The summed E-state index contributed by atoms with van der Waals surface area (Å²) in [6, 6.07) is 0. The second kappa shape index (κ2) is 11.5. The van der Waals surface area contributed by atoms with E-state index in [1.165, 1.54) is 26.8 Å². The lowest BCUT2D eigenvalue weighted by molar-refractivity contribution is -0.155. The highest BCUT2D eigenvalue weighted by Gasteiger charge is 2.56. The normalized spacial score (nSPS) is 31.9. The van der Waals surface area contributed by atoms with Crippen molar-refractivity contribution in [2.24, 2.45) is 28.4 Å². The summed E-state index contributed by atoms with van der Waals surface area (Å²) >= 11 is 0. The molecule has 0 aliphatic heterocycles. The molecule has 192 valence electrons. The number of esters is 1. The predicted octanol–water partition coefficient (Wildman–Crippen LogP) is 6.17. The van der Waals surface area contributed by atoms with Crippen LogP contribution in [-0.2, 0) is 32.8 Å². The van der Waals surface area contributed by atoms with Crippen molar-refractivity contribution in [3.8, 4) is 0 Å². The molecule has 3 unspecified atom stereocenters. The molecule has 0 bridgehead atoms. The Hall–Kier alpha value is -2.54. The van der Waals surface area contributed by atoms with Crippen LogP contribution in [0, 0.1) is 23.2 Å². The van der Waals surface area contributed by atoms with Crippen molar-refractivity contribution in [1.29, 1.82) is 0 Å². The van der Waals surface area contributed by atoms with Gasteiger partial charge < -0.3 is 14.1 Å². The number of hydrogen-bond acceptors (Lipinski definition) is 8. The molecule has 6 atom stereocenters. The Kier molecular flexibility index (Phi) is 8.86. The molecule has 35 heavy (non-hydrogen) atoms. The third-order valence-corrected chi connectivity index (χ3v) is 8.56. The van der Waals surface area contributed by atoms with Crippen LogP contribution in [0.1, 0.15) is 59.3 Å². The molecule has 2 saturated carbocycles. The topological polar surface area (TPSA) is 137 Å². The second-order valence-electron chi connectivity index (χ2n) is 9.80. The number of azide groups is 1. The van der Waals surface area contributed by atoms with E-state index in [1.807, 2.05) is 12.2 Å². The van der Waals surface area contributed by atoms with Crippen molar-refractivity contribution in [3.63, 3.8) is 0 Å². The second-order valence-corrected chi connectivity index (χ2v) is 11.8. The number of hydrogen-bond donors (Lipinski definition) is 0. The van der Waals surface area contributed by atoms with Gasteiger partial charge in [-0.3, -0.25) is 14.1 Å². The fourth-order valence-corrected chi connectivity index (χ4v) is 6.61. The molecule has 3 aliphatic carbocycles. The van der Waals surface area contributed by atoms with E-state index in [0.29, 0.717) is 17.8 Å². The zero-order chi connectivity index (χ0) is 25.6. The standard InChI is InChI=1S/C24H34N3O7P/c1-16(28)5-7-19-18(12-14-31-15-32-35(4,30)34-27-26-25)6-8-21-20(19)11-13-24(3)22(21)9-10-23(24)33-17(2)29/h5,7,12,14,20-23H,6,8-11,13,15H2,1-4H3/b7-5+,14-12+/t20?,21-,22?,23+,24+,35?/m1/s1. The van der Waals surface area contributed by atoms with E-state index in [-0.39, 0.29) is 30.1 Å². The lowest BCUT2D eigenvalue weighted by Gasteiger charge is -2.50. The van der Waals surface area contributed by atoms with E-state index in [9.17, 15) is 14.2 Å². The van der Waals surface area contributed by atoms with Crippen LogP contribution in [0.4, 0.5) is 0 Å². The Morgan fingerprint density at radius 2 is 2.00 bits per heavy atom.